The normalized spacial score (nSPS) is 19.2. The molecular formula is C15H18OS. The molecule has 0 unspecified atom stereocenters. The lowest BCUT2D eigenvalue weighted by Gasteiger charge is -2.17. The third-order valence-electron chi connectivity index (χ3n) is 3.21. The summed E-state index contributed by atoms with van der Waals surface area (Å²) >= 11 is 1.73. The monoisotopic (exact) mass is 246 g/mol. The first kappa shape index (κ1) is 12.4. The van der Waals surface area contributed by atoms with Crippen molar-refractivity contribution in [3.05, 3.63) is 46.4 Å². The molecule has 0 bridgehead atoms. The quantitative estimate of drug-likeness (QED) is 0.750. The Hall–Kier alpha value is -1.02. The van der Waals surface area contributed by atoms with Crippen molar-refractivity contribution in [1.82, 2.24) is 0 Å². The molecule has 17 heavy (non-hydrogen) atoms. The average molecular weight is 246 g/mol. The number of ketones is 1. The summed E-state index contributed by atoms with van der Waals surface area (Å²) in [7, 11) is 0. The summed E-state index contributed by atoms with van der Waals surface area (Å²) in [6.45, 7) is 0. The lowest BCUT2D eigenvalue weighted by molar-refractivity contribution is -0.116. The van der Waals surface area contributed by atoms with Crippen LogP contribution in [0.15, 0.2) is 40.8 Å². The maximum Gasteiger partial charge on any atom is 0.159 e. The van der Waals surface area contributed by atoms with Gasteiger partial charge in [0.2, 0.25) is 0 Å². The van der Waals surface area contributed by atoms with E-state index in [4.69, 9.17) is 0 Å². The minimum absolute atomic E-state index is 0.372. The molecule has 0 radical (unpaired) electrons. The number of hydrogen-bond donors (Lipinski definition) is 0. The first-order valence-electron chi connectivity index (χ1n) is 6.14. The van der Waals surface area contributed by atoms with Crippen LogP contribution in [0.3, 0.4) is 0 Å². The lowest BCUT2D eigenvalue weighted by atomic mass is 9.92. The number of carbonyl (C=O) groups excluding carboxylic acids is 1. The summed E-state index contributed by atoms with van der Waals surface area (Å²) in [6.07, 6.45) is 6.93. The molecule has 90 valence electrons. The molecule has 0 N–H and O–H groups in total. The second-order valence-corrected chi connectivity index (χ2v) is 5.30. The first-order valence-corrected chi connectivity index (χ1v) is 7.37. The summed E-state index contributed by atoms with van der Waals surface area (Å²) in [5.41, 5.74) is 2.38. The van der Waals surface area contributed by atoms with Crippen LogP contribution in [0.5, 0.6) is 0 Å². The zero-order valence-electron chi connectivity index (χ0n) is 10.2. The minimum atomic E-state index is 0.372. The van der Waals surface area contributed by atoms with Crippen LogP contribution in [0.25, 0.3) is 0 Å². The molecular weight excluding hydrogens is 228 g/mol. The van der Waals surface area contributed by atoms with Crippen LogP contribution in [-0.4, -0.2) is 12.0 Å². The number of thioether (sulfide) groups is 1. The Morgan fingerprint density at radius 1 is 1.18 bits per heavy atom. The van der Waals surface area contributed by atoms with Gasteiger partial charge in [-0.3, -0.25) is 4.79 Å². The molecule has 1 fully saturated rings. The van der Waals surface area contributed by atoms with Crippen molar-refractivity contribution in [2.45, 2.75) is 32.1 Å². The van der Waals surface area contributed by atoms with Crippen molar-refractivity contribution in [2.75, 3.05) is 6.26 Å². The van der Waals surface area contributed by atoms with E-state index in [0.717, 1.165) is 31.3 Å². The number of Topliss-reactive ketones (excluding diaryl/α,β-unsaturated/α-hetero) is 1. The van der Waals surface area contributed by atoms with Crippen molar-refractivity contribution in [3.8, 4) is 0 Å². The van der Waals surface area contributed by atoms with Crippen molar-refractivity contribution < 1.29 is 4.79 Å². The third-order valence-corrected chi connectivity index (χ3v) is 4.09. The van der Waals surface area contributed by atoms with E-state index in [-0.39, 0.29) is 0 Å². The van der Waals surface area contributed by atoms with Crippen LogP contribution in [0.1, 0.15) is 31.2 Å². The van der Waals surface area contributed by atoms with Gasteiger partial charge in [0.05, 0.1) is 0 Å². The molecule has 1 aliphatic rings. The van der Waals surface area contributed by atoms with Gasteiger partial charge in [-0.2, -0.15) is 0 Å². The van der Waals surface area contributed by atoms with Gasteiger partial charge in [-0.05, 0) is 36.0 Å². The van der Waals surface area contributed by atoms with Gasteiger partial charge in [0.15, 0.2) is 5.78 Å². The van der Waals surface area contributed by atoms with E-state index < -0.39 is 0 Å². The molecule has 0 amide bonds. The van der Waals surface area contributed by atoms with Crippen LogP contribution in [0, 0.1) is 0 Å². The molecule has 0 aliphatic heterocycles. The van der Waals surface area contributed by atoms with Gasteiger partial charge in [-0.15, -0.1) is 11.8 Å². The highest BCUT2D eigenvalue weighted by Gasteiger charge is 2.18. The zero-order valence-corrected chi connectivity index (χ0v) is 11.1. The first-order chi connectivity index (χ1) is 8.31. The Kier molecular flexibility index (Phi) is 4.43. The lowest BCUT2D eigenvalue weighted by Crippen LogP contribution is -2.11. The van der Waals surface area contributed by atoms with Gasteiger partial charge in [0.1, 0.15) is 0 Å². The molecule has 1 aromatic carbocycles. The van der Waals surface area contributed by atoms with Gasteiger partial charge in [-0.1, -0.05) is 30.3 Å². The molecule has 1 saturated carbocycles. The van der Waals surface area contributed by atoms with Crippen LogP contribution in [0.4, 0.5) is 0 Å². The Bertz CT molecular complexity index is 420. The zero-order chi connectivity index (χ0) is 12.1. The van der Waals surface area contributed by atoms with E-state index in [2.05, 4.69) is 30.5 Å². The van der Waals surface area contributed by atoms with Crippen LogP contribution < -0.4 is 0 Å². The number of rotatable bonds is 3. The van der Waals surface area contributed by atoms with E-state index in [9.17, 15) is 4.79 Å². The highest BCUT2D eigenvalue weighted by atomic mass is 32.2. The van der Waals surface area contributed by atoms with E-state index >= 15 is 0 Å². The van der Waals surface area contributed by atoms with Gasteiger partial charge in [0.25, 0.3) is 0 Å². The molecule has 1 nitrogen and oxygen atoms in total. The highest BCUT2D eigenvalue weighted by Crippen LogP contribution is 2.30. The number of hydrogen-bond acceptors (Lipinski definition) is 2. The SMILES string of the molecule is CS/C(Cc1ccccc1)=C1/CCCCC1=O. The molecule has 1 aliphatic carbocycles. The standard InChI is InChI=1S/C15H18OS/c1-17-15(11-12-7-3-2-4-8-12)13-9-5-6-10-14(13)16/h2-4,7-8H,5-6,9-11H2,1H3/b15-13-. The average Bonchev–Trinajstić information content (AvgIpc) is 2.38. The third kappa shape index (κ3) is 3.22. The number of benzene rings is 1. The summed E-state index contributed by atoms with van der Waals surface area (Å²) in [6, 6.07) is 10.4. The fourth-order valence-corrected chi connectivity index (χ4v) is 3.03. The van der Waals surface area contributed by atoms with Gasteiger partial charge < -0.3 is 0 Å². The molecule has 0 atom stereocenters. The largest absolute Gasteiger partial charge is 0.295 e. The smallest absolute Gasteiger partial charge is 0.159 e. The molecule has 0 aromatic heterocycles. The van der Waals surface area contributed by atoms with Crippen LogP contribution >= 0.6 is 11.8 Å². The topological polar surface area (TPSA) is 17.1 Å². The van der Waals surface area contributed by atoms with Crippen molar-refractivity contribution in [2.24, 2.45) is 0 Å². The highest BCUT2D eigenvalue weighted by molar-refractivity contribution is 8.02. The summed E-state index contributed by atoms with van der Waals surface area (Å²) in [5, 5.41) is 0. The predicted octanol–water partition coefficient (Wildman–Crippen LogP) is 3.99. The van der Waals surface area contributed by atoms with Crippen LogP contribution in [0.2, 0.25) is 0 Å². The Balaban J connectivity index is 2.20. The van der Waals surface area contributed by atoms with Crippen molar-refractivity contribution >= 4 is 17.5 Å². The fraction of sp³-hybridized carbons (Fsp3) is 0.400. The molecule has 1 aromatic rings. The Labute approximate surface area is 107 Å². The second-order valence-electron chi connectivity index (χ2n) is 4.40. The Morgan fingerprint density at radius 2 is 1.88 bits per heavy atom. The fourth-order valence-electron chi connectivity index (χ4n) is 2.26. The molecule has 2 heteroatoms. The molecule has 2 rings (SSSR count). The van der Waals surface area contributed by atoms with E-state index in [1.165, 1.54) is 16.9 Å². The number of allylic oxidation sites excluding steroid dienone is 2. The summed E-state index contributed by atoms with van der Waals surface area (Å²) < 4.78 is 0. The van der Waals surface area contributed by atoms with Gasteiger partial charge in [0, 0.05) is 18.4 Å². The van der Waals surface area contributed by atoms with Gasteiger partial charge >= 0.3 is 0 Å². The number of carbonyl (C=O) groups is 1. The summed E-state index contributed by atoms with van der Waals surface area (Å²) in [5.74, 6) is 0.372. The van der Waals surface area contributed by atoms with Crippen molar-refractivity contribution in [3.63, 3.8) is 0 Å². The summed E-state index contributed by atoms with van der Waals surface area (Å²) in [4.78, 5) is 13.2. The van der Waals surface area contributed by atoms with Gasteiger partial charge in [-0.25, -0.2) is 0 Å². The molecule has 0 spiro atoms. The molecule has 0 heterocycles. The maximum atomic E-state index is 11.9. The van der Waals surface area contributed by atoms with Crippen LogP contribution in [-0.2, 0) is 11.2 Å². The Morgan fingerprint density at radius 3 is 2.53 bits per heavy atom. The van der Waals surface area contributed by atoms with E-state index in [1.807, 2.05) is 6.07 Å². The predicted molar refractivity (Wildman–Crippen MR) is 74.2 cm³/mol. The minimum Gasteiger partial charge on any atom is -0.295 e. The van der Waals surface area contributed by atoms with Crippen molar-refractivity contribution in [1.29, 1.82) is 0 Å². The van der Waals surface area contributed by atoms with E-state index in [0.29, 0.717) is 5.78 Å². The maximum absolute atomic E-state index is 11.9. The molecule has 0 saturated heterocycles. The van der Waals surface area contributed by atoms with E-state index in [1.54, 1.807) is 11.8 Å². The second kappa shape index (κ2) is 6.06.